The number of esters is 2. The minimum absolute atomic E-state index is 0.191. The molecule has 0 saturated heterocycles. The Labute approximate surface area is 293 Å². The van der Waals surface area contributed by atoms with Crippen molar-refractivity contribution in [2.24, 2.45) is 0 Å². The number of carbonyl (C=O) groups excluding carboxylic acids is 2. The molecule has 0 aliphatic carbocycles. The molecule has 0 aromatic heterocycles. The molecule has 0 spiro atoms. The van der Waals surface area contributed by atoms with E-state index in [1.165, 1.54) is 51.4 Å². The Morgan fingerprint density at radius 3 is 1.38 bits per heavy atom. The number of phosphoric ester groups is 1. The van der Waals surface area contributed by atoms with Gasteiger partial charge in [0.2, 0.25) is 0 Å². The molecule has 9 heteroatoms. The van der Waals surface area contributed by atoms with E-state index < -0.39 is 32.5 Å². The molecule has 48 heavy (non-hydrogen) atoms. The van der Waals surface area contributed by atoms with Crippen molar-refractivity contribution >= 4 is 19.8 Å². The van der Waals surface area contributed by atoms with E-state index in [1.54, 1.807) is 0 Å². The fraction of sp³-hybridized carbons (Fsp3) is 0.744. The molecule has 0 radical (unpaired) electrons. The first-order chi connectivity index (χ1) is 23.3. The monoisotopic (exact) mass is 696 g/mol. The van der Waals surface area contributed by atoms with Crippen LogP contribution in [0.15, 0.2) is 48.6 Å². The van der Waals surface area contributed by atoms with E-state index in [2.05, 4.69) is 67.0 Å². The predicted octanol–water partition coefficient (Wildman–Crippen LogP) is 11.2. The highest BCUT2D eigenvalue weighted by Gasteiger charge is 2.22. The molecule has 0 aromatic rings. The largest absolute Gasteiger partial charge is 0.469 e. The van der Waals surface area contributed by atoms with E-state index in [-0.39, 0.29) is 19.4 Å². The Hall–Kier alpha value is -1.99. The normalized spacial score (nSPS) is 13.0. The maximum absolute atomic E-state index is 12.4. The van der Waals surface area contributed by atoms with Gasteiger partial charge in [-0.05, 0) is 77.0 Å². The number of phosphoric acid groups is 1. The van der Waals surface area contributed by atoms with Gasteiger partial charge in [-0.15, -0.1) is 0 Å². The number of hydrogen-bond donors (Lipinski definition) is 2. The molecular weight excluding hydrogens is 627 g/mol. The van der Waals surface area contributed by atoms with Crippen molar-refractivity contribution in [1.82, 2.24) is 0 Å². The van der Waals surface area contributed by atoms with Crippen molar-refractivity contribution in [3.63, 3.8) is 0 Å². The molecule has 0 saturated carbocycles. The molecule has 0 fully saturated rings. The maximum atomic E-state index is 12.4. The van der Waals surface area contributed by atoms with Gasteiger partial charge < -0.3 is 19.3 Å². The van der Waals surface area contributed by atoms with Gasteiger partial charge in [-0.1, -0.05) is 127 Å². The van der Waals surface area contributed by atoms with E-state index in [9.17, 15) is 14.2 Å². The van der Waals surface area contributed by atoms with Crippen molar-refractivity contribution in [2.45, 2.75) is 174 Å². The molecule has 0 aliphatic heterocycles. The lowest BCUT2D eigenvalue weighted by atomic mass is 10.1. The Balaban J connectivity index is 4.03. The van der Waals surface area contributed by atoms with Crippen LogP contribution in [-0.4, -0.2) is 41.0 Å². The van der Waals surface area contributed by atoms with Gasteiger partial charge in [-0.2, -0.15) is 0 Å². The number of allylic oxidation sites excluding steroid dienone is 8. The van der Waals surface area contributed by atoms with Gasteiger partial charge in [-0.3, -0.25) is 14.1 Å². The summed E-state index contributed by atoms with van der Waals surface area (Å²) in [5, 5.41) is 0. The van der Waals surface area contributed by atoms with Crippen molar-refractivity contribution in [3.05, 3.63) is 48.6 Å². The van der Waals surface area contributed by atoms with Gasteiger partial charge in [0.25, 0.3) is 0 Å². The maximum Gasteiger partial charge on any atom is 0.469 e. The first-order valence-corrected chi connectivity index (χ1v) is 20.5. The smallest absolute Gasteiger partial charge is 0.462 e. The zero-order chi connectivity index (χ0) is 35.4. The summed E-state index contributed by atoms with van der Waals surface area (Å²) in [5.74, 6) is -0.920. The molecule has 278 valence electrons. The van der Waals surface area contributed by atoms with Gasteiger partial charge in [0.05, 0.1) is 6.61 Å². The second kappa shape index (κ2) is 34.9. The summed E-state index contributed by atoms with van der Waals surface area (Å²) in [6, 6.07) is 0. The lowest BCUT2D eigenvalue weighted by Gasteiger charge is -2.18. The molecule has 0 bridgehead atoms. The summed E-state index contributed by atoms with van der Waals surface area (Å²) in [4.78, 5) is 42.7. The third-order valence-corrected chi connectivity index (χ3v) is 8.31. The summed E-state index contributed by atoms with van der Waals surface area (Å²) >= 11 is 0. The zero-order valence-corrected chi connectivity index (χ0v) is 31.3. The highest BCUT2D eigenvalue weighted by Crippen LogP contribution is 2.36. The molecule has 0 rings (SSSR count). The fourth-order valence-electron chi connectivity index (χ4n) is 4.96. The highest BCUT2D eigenvalue weighted by molar-refractivity contribution is 7.46. The first kappa shape index (κ1) is 46.0. The van der Waals surface area contributed by atoms with Gasteiger partial charge in [-0.25, -0.2) is 4.57 Å². The zero-order valence-electron chi connectivity index (χ0n) is 30.4. The van der Waals surface area contributed by atoms with E-state index in [0.29, 0.717) is 12.8 Å². The van der Waals surface area contributed by atoms with Crippen LogP contribution in [0.1, 0.15) is 168 Å². The third-order valence-electron chi connectivity index (χ3n) is 7.82. The molecule has 0 amide bonds. The van der Waals surface area contributed by atoms with Gasteiger partial charge in [0.1, 0.15) is 6.61 Å². The van der Waals surface area contributed by atoms with E-state index in [4.69, 9.17) is 19.3 Å². The average Bonchev–Trinajstić information content (AvgIpc) is 3.05. The molecule has 0 aliphatic rings. The minimum atomic E-state index is -4.76. The van der Waals surface area contributed by atoms with Crippen LogP contribution >= 0.6 is 7.82 Å². The quantitative estimate of drug-likeness (QED) is 0.0295. The molecule has 8 nitrogen and oxygen atoms in total. The molecule has 2 N–H and O–H groups in total. The summed E-state index contributed by atoms with van der Waals surface area (Å²) < 4.78 is 26.3. The Morgan fingerprint density at radius 2 is 0.938 bits per heavy atom. The SMILES string of the molecule is CCCCCC=CCC=CCCCCCCCC(=O)OC[C@H](COP(=O)(O)O)OC(=O)CCCCCCCC=CCC=CCCCCC. The van der Waals surface area contributed by atoms with Crippen molar-refractivity contribution in [3.8, 4) is 0 Å². The number of ether oxygens (including phenoxy) is 2. The molecule has 0 aromatic carbocycles. The lowest BCUT2D eigenvalue weighted by molar-refractivity contribution is -0.161. The van der Waals surface area contributed by atoms with E-state index >= 15 is 0 Å². The fourth-order valence-corrected chi connectivity index (χ4v) is 5.32. The summed E-state index contributed by atoms with van der Waals surface area (Å²) in [7, 11) is -4.76. The van der Waals surface area contributed by atoms with Crippen LogP contribution in [0.5, 0.6) is 0 Å². The lowest BCUT2D eigenvalue weighted by Crippen LogP contribution is -2.29. The average molecular weight is 697 g/mol. The first-order valence-electron chi connectivity index (χ1n) is 18.9. The number of rotatable bonds is 34. The van der Waals surface area contributed by atoms with Crippen LogP contribution < -0.4 is 0 Å². The molecule has 0 heterocycles. The Morgan fingerprint density at radius 1 is 0.542 bits per heavy atom. The van der Waals surface area contributed by atoms with Crippen LogP contribution in [0, 0.1) is 0 Å². The van der Waals surface area contributed by atoms with Crippen LogP contribution in [0.3, 0.4) is 0 Å². The van der Waals surface area contributed by atoms with Gasteiger partial charge in [0, 0.05) is 12.8 Å². The van der Waals surface area contributed by atoms with Crippen LogP contribution in [0.4, 0.5) is 0 Å². The molecule has 1 atom stereocenters. The van der Waals surface area contributed by atoms with E-state index in [1.807, 2.05) is 0 Å². The Bertz CT molecular complexity index is 921. The van der Waals surface area contributed by atoms with Gasteiger partial charge in [0.15, 0.2) is 6.10 Å². The number of unbranched alkanes of at least 4 members (excludes halogenated alkanes) is 16. The highest BCUT2D eigenvalue weighted by atomic mass is 31.2. The van der Waals surface area contributed by atoms with Crippen LogP contribution in [0.25, 0.3) is 0 Å². The van der Waals surface area contributed by atoms with Crippen molar-refractivity contribution < 1.29 is 37.9 Å². The molecular formula is C39H69O8P. The van der Waals surface area contributed by atoms with Crippen molar-refractivity contribution in [2.75, 3.05) is 13.2 Å². The number of carbonyl (C=O) groups is 2. The second-order valence-corrected chi connectivity index (χ2v) is 13.8. The minimum Gasteiger partial charge on any atom is -0.462 e. The number of hydrogen-bond acceptors (Lipinski definition) is 6. The van der Waals surface area contributed by atoms with E-state index in [0.717, 1.165) is 77.0 Å². The van der Waals surface area contributed by atoms with Crippen molar-refractivity contribution in [1.29, 1.82) is 0 Å². The summed E-state index contributed by atoms with van der Waals surface area (Å²) in [5.41, 5.74) is 0. The summed E-state index contributed by atoms with van der Waals surface area (Å²) in [6.07, 6.45) is 41.1. The Kier molecular flexibility index (Phi) is 33.4. The van der Waals surface area contributed by atoms with Gasteiger partial charge >= 0.3 is 19.8 Å². The van der Waals surface area contributed by atoms with Crippen LogP contribution in [0.2, 0.25) is 0 Å². The molecule has 0 unspecified atom stereocenters. The van der Waals surface area contributed by atoms with Crippen LogP contribution in [-0.2, 0) is 28.2 Å². The standard InChI is InChI=1S/C39H69O8P/c1-3-5-7-9-11-13-15-17-19-21-23-25-27-29-31-33-38(40)45-35-37(36-46-48(42,43)44)47-39(41)34-32-30-28-26-24-22-20-18-16-14-12-10-8-6-4-2/h11-14,17-20,37H,3-10,15-16,21-36H2,1-2H3,(H2,42,43,44)/t37-/m1/s1. The topological polar surface area (TPSA) is 119 Å². The third kappa shape index (κ3) is 36.8. The summed E-state index contributed by atoms with van der Waals surface area (Å²) in [6.45, 7) is 3.59. The predicted molar refractivity (Wildman–Crippen MR) is 198 cm³/mol. The second-order valence-electron chi connectivity index (χ2n) is 12.5.